The fraction of sp³-hybridized carbons (Fsp3) is 0.522. The van der Waals surface area contributed by atoms with Crippen LogP contribution in [0.25, 0.3) is 16.2 Å². The average Bonchev–Trinajstić information content (AvgIpc) is 3.23. The molecule has 6 nitrogen and oxygen atoms in total. The van der Waals surface area contributed by atoms with E-state index in [-0.39, 0.29) is 16.0 Å². The zero-order chi connectivity index (χ0) is 23.0. The Bertz CT molecular complexity index is 1070. The largest absolute Gasteiger partial charge is 0.317 e. The van der Waals surface area contributed by atoms with Crippen LogP contribution in [0.2, 0.25) is 0 Å². The van der Waals surface area contributed by atoms with E-state index >= 15 is 0 Å². The Hall–Kier alpha value is -2.16. The Morgan fingerprint density at radius 2 is 1.84 bits per heavy atom. The van der Waals surface area contributed by atoms with Gasteiger partial charge in [0.1, 0.15) is 10.7 Å². The first-order chi connectivity index (χ1) is 14.4. The topological polar surface area (TPSA) is 71.3 Å². The van der Waals surface area contributed by atoms with Gasteiger partial charge in [0.2, 0.25) is 0 Å². The monoisotopic (exact) mass is 445 g/mol. The lowest BCUT2D eigenvalue weighted by molar-refractivity contribution is 0.112. The standard InChI is InChI=1S/C13H10FN3OS.C10H22N2/c1-7-4-17-5-10(16-13(17)8(2)15-7)11-3-9(14)12(6-18)19-11;1-9(2)6-8(11-5)7-10(3,4)12-9/h3-6H,1-2H3;8,11-12H,6-7H2,1-5H3. The van der Waals surface area contributed by atoms with Gasteiger partial charge in [-0.3, -0.25) is 9.78 Å². The van der Waals surface area contributed by atoms with Crippen LogP contribution in [-0.4, -0.2) is 44.8 Å². The molecule has 0 radical (unpaired) electrons. The van der Waals surface area contributed by atoms with E-state index in [1.165, 1.54) is 18.9 Å². The molecular weight excluding hydrogens is 413 g/mol. The van der Waals surface area contributed by atoms with Crippen molar-refractivity contribution >= 4 is 23.3 Å². The SMILES string of the molecule is CNC1CC(C)(C)NC(C)(C)C1.Cc1cn2cc(-c3cc(F)c(C=O)s3)nc2c(C)n1. The molecule has 4 rings (SSSR count). The van der Waals surface area contributed by atoms with Crippen molar-refractivity contribution in [3.05, 3.63) is 40.5 Å². The predicted octanol–water partition coefficient (Wildman–Crippen LogP) is 4.54. The molecule has 1 saturated heterocycles. The third kappa shape index (κ3) is 5.56. The van der Waals surface area contributed by atoms with E-state index in [1.807, 2.05) is 30.6 Å². The van der Waals surface area contributed by atoms with Gasteiger partial charge in [-0.05, 0) is 67.5 Å². The van der Waals surface area contributed by atoms with Gasteiger partial charge in [0.15, 0.2) is 11.9 Å². The zero-order valence-electron chi connectivity index (χ0n) is 19.3. The maximum Gasteiger partial charge on any atom is 0.163 e. The Labute approximate surface area is 187 Å². The minimum atomic E-state index is -0.502. The van der Waals surface area contributed by atoms with Crippen molar-refractivity contribution in [2.45, 2.75) is 71.5 Å². The minimum absolute atomic E-state index is 0.0954. The third-order valence-electron chi connectivity index (χ3n) is 5.40. The molecular formula is C23H32FN5OS. The summed E-state index contributed by atoms with van der Waals surface area (Å²) in [6.45, 7) is 12.9. The van der Waals surface area contributed by atoms with E-state index in [0.29, 0.717) is 22.9 Å². The number of rotatable bonds is 3. The van der Waals surface area contributed by atoms with Gasteiger partial charge >= 0.3 is 0 Å². The molecule has 1 aliphatic heterocycles. The summed E-state index contributed by atoms with van der Waals surface area (Å²) in [5, 5.41) is 7.03. The summed E-state index contributed by atoms with van der Waals surface area (Å²) in [4.78, 5) is 20.2. The van der Waals surface area contributed by atoms with Gasteiger partial charge in [-0.2, -0.15) is 0 Å². The number of carbonyl (C=O) groups is 1. The predicted molar refractivity (Wildman–Crippen MR) is 124 cm³/mol. The van der Waals surface area contributed by atoms with E-state index in [2.05, 4.69) is 55.3 Å². The quantitative estimate of drug-likeness (QED) is 0.579. The molecule has 0 aromatic carbocycles. The van der Waals surface area contributed by atoms with Crippen LogP contribution < -0.4 is 10.6 Å². The lowest BCUT2D eigenvalue weighted by Gasteiger charge is -2.46. The number of nitrogens with zero attached hydrogens (tertiary/aromatic N) is 3. The van der Waals surface area contributed by atoms with Crippen molar-refractivity contribution in [2.24, 2.45) is 0 Å². The second kappa shape index (κ2) is 8.76. The van der Waals surface area contributed by atoms with Crippen LogP contribution in [0.15, 0.2) is 18.5 Å². The molecule has 4 heterocycles. The number of piperidine rings is 1. The molecule has 0 amide bonds. The molecule has 0 spiro atoms. The average molecular weight is 446 g/mol. The van der Waals surface area contributed by atoms with E-state index < -0.39 is 5.82 Å². The molecule has 1 fully saturated rings. The van der Waals surface area contributed by atoms with E-state index in [4.69, 9.17) is 0 Å². The van der Waals surface area contributed by atoms with Gasteiger partial charge < -0.3 is 15.0 Å². The fourth-order valence-electron chi connectivity index (χ4n) is 4.54. The Balaban J connectivity index is 0.000000196. The first-order valence-corrected chi connectivity index (χ1v) is 11.3. The van der Waals surface area contributed by atoms with E-state index in [0.717, 1.165) is 28.4 Å². The molecule has 0 saturated carbocycles. The van der Waals surface area contributed by atoms with Crippen LogP contribution >= 0.6 is 11.3 Å². The number of hydrogen-bond acceptors (Lipinski definition) is 6. The summed E-state index contributed by atoms with van der Waals surface area (Å²) in [6.07, 6.45) is 6.64. The van der Waals surface area contributed by atoms with Gasteiger partial charge in [-0.15, -0.1) is 11.3 Å². The number of hydrogen-bond donors (Lipinski definition) is 2. The van der Waals surface area contributed by atoms with Gasteiger partial charge in [0.05, 0.1) is 22.0 Å². The van der Waals surface area contributed by atoms with Crippen LogP contribution in [0.5, 0.6) is 0 Å². The number of halogens is 1. The molecule has 168 valence electrons. The molecule has 1 aliphatic rings. The van der Waals surface area contributed by atoms with E-state index in [9.17, 15) is 9.18 Å². The number of carbonyl (C=O) groups excluding carboxylic acids is 1. The van der Waals surface area contributed by atoms with Gasteiger partial charge in [0, 0.05) is 29.5 Å². The summed E-state index contributed by atoms with van der Waals surface area (Å²) in [5.74, 6) is -0.502. The van der Waals surface area contributed by atoms with Gasteiger partial charge in [-0.1, -0.05) is 0 Å². The van der Waals surface area contributed by atoms with Crippen molar-refractivity contribution < 1.29 is 9.18 Å². The van der Waals surface area contributed by atoms with Crippen LogP contribution in [0.4, 0.5) is 4.39 Å². The molecule has 3 aromatic rings. The molecule has 0 unspecified atom stereocenters. The van der Waals surface area contributed by atoms with Crippen molar-refractivity contribution in [1.29, 1.82) is 0 Å². The summed E-state index contributed by atoms with van der Waals surface area (Å²) >= 11 is 1.10. The lowest BCUT2D eigenvalue weighted by atomic mass is 9.80. The van der Waals surface area contributed by atoms with Crippen molar-refractivity contribution in [1.82, 2.24) is 25.0 Å². The highest BCUT2D eigenvalue weighted by molar-refractivity contribution is 7.17. The maximum atomic E-state index is 13.4. The van der Waals surface area contributed by atoms with Crippen LogP contribution in [0.1, 0.15) is 61.6 Å². The van der Waals surface area contributed by atoms with E-state index in [1.54, 1.807) is 0 Å². The second-order valence-corrected chi connectivity index (χ2v) is 10.6. The smallest absolute Gasteiger partial charge is 0.163 e. The minimum Gasteiger partial charge on any atom is -0.317 e. The number of aryl methyl sites for hydroxylation is 2. The molecule has 0 aliphatic carbocycles. The third-order valence-corrected chi connectivity index (χ3v) is 6.45. The number of thiophene rings is 1. The molecule has 2 N–H and O–H groups in total. The highest BCUT2D eigenvalue weighted by Crippen LogP contribution is 2.30. The van der Waals surface area contributed by atoms with Crippen molar-refractivity contribution in [3.63, 3.8) is 0 Å². The maximum absolute atomic E-state index is 13.4. The normalized spacial score (nSPS) is 17.9. The summed E-state index contributed by atoms with van der Waals surface area (Å²) in [6, 6.07) is 2.00. The molecule has 0 bridgehead atoms. The highest BCUT2D eigenvalue weighted by atomic mass is 32.1. The summed E-state index contributed by atoms with van der Waals surface area (Å²) < 4.78 is 15.3. The zero-order valence-corrected chi connectivity index (χ0v) is 20.2. The van der Waals surface area contributed by atoms with Crippen LogP contribution in [-0.2, 0) is 0 Å². The fourth-order valence-corrected chi connectivity index (χ4v) is 5.35. The summed E-state index contributed by atoms with van der Waals surface area (Å²) in [7, 11) is 2.06. The Morgan fingerprint density at radius 3 is 2.39 bits per heavy atom. The molecule has 31 heavy (non-hydrogen) atoms. The van der Waals surface area contributed by atoms with Crippen LogP contribution in [0, 0.1) is 19.7 Å². The molecule has 8 heteroatoms. The molecule has 0 atom stereocenters. The van der Waals surface area contributed by atoms with Crippen molar-refractivity contribution in [3.8, 4) is 10.6 Å². The lowest BCUT2D eigenvalue weighted by Crippen LogP contribution is -2.61. The first kappa shape index (κ1) is 23.5. The van der Waals surface area contributed by atoms with Gasteiger partial charge in [-0.25, -0.2) is 9.37 Å². The number of aldehydes is 1. The Morgan fingerprint density at radius 1 is 1.19 bits per heavy atom. The molecule has 3 aromatic heterocycles. The number of nitrogens with one attached hydrogen (secondary N) is 2. The van der Waals surface area contributed by atoms with Crippen molar-refractivity contribution in [2.75, 3.05) is 7.05 Å². The second-order valence-electron chi connectivity index (χ2n) is 9.55. The number of aromatic nitrogens is 3. The number of fused-ring (bicyclic) bond motifs is 1. The van der Waals surface area contributed by atoms with Gasteiger partial charge in [0.25, 0.3) is 0 Å². The Kier molecular flexibility index (Phi) is 6.64. The summed E-state index contributed by atoms with van der Waals surface area (Å²) in [5.41, 5.74) is 3.64. The highest BCUT2D eigenvalue weighted by Gasteiger charge is 2.36. The first-order valence-electron chi connectivity index (χ1n) is 10.5. The van der Waals surface area contributed by atoms with Crippen LogP contribution in [0.3, 0.4) is 0 Å². The number of imidazole rings is 1.